The lowest BCUT2D eigenvalue weighted by Gasteiger charge is -2.06. The highest BCUT2D eigenvalue weighted by molar-refractivity contribution is 9.10. The van der Waals surface area contributed by atoms with Gasteiger partial charge in [-0.3, -0.25) is 0 Å². The van der Waals surface area contributed by atoms with E-state index in [1.807, 2.05) is 30.7 Å². The zero-order valence-electron chi connectivity index (χ0n) is 11.3. The van der Waals surface area contributed by atoms with Crippen LogP contribution < -0.4 is 0 Å². The van der Waals surface area contributed by atoms with E-state index in [-0.39, 0.29) is 6.61 Å². The molecule has 0 amide bonds. The van der Waals surface area contributed by atoms with E-state index in [0.717, 1.165) is 38.5 Å². The van der Waals surface area contributed by atoms with Gasteiger partial charge in [-0.15, -0.1) is 0 Å². The van der Waals surface area contributed by atoms with Crippen LogP contribution in [0.5, 0.6) is 0 Å². The maximum atomic E-state index is 9.08. The summed E-state index contributed by atoms with van der Waals surface area (Å²) in [6.45, 7) is 2.04. The first-order valence-electron chi connectivity index (χ1n) is 6.39. The third kappa shape index (κ3) is 2.14. The van der Waals surface area contributed by atoms with Crippen molar-refractivity contribution in [2.45, 2.75) is 13.3 Å². The average molecular weight is 335 g/mol. The van der Waals surface area contributed by atoms with Gasteiger partial charge in [0.1, 0.15) is 16.3 Å². The Balaban J connectivity index is 2.14. The van der Waals surface area contributed by atoms with Crippen molar-refractivity contribution in [3.8, 4) is 11.3 Å². The minimum atomic E-state index is 0.0928. The quantitative estimate of drug-likeness (QED) is 0.773. The molecule has 0 saturated carbocycles. The first-order chi connectivity index (χ1) is 9.60. The largest absolute Gasteiger partial charge is 0.396 e. The van der Waals surface area contributed by atoms with Crippen LogP contribution in [0.2, 0.25) is 0 Å². The molecule has 0 aliphatic heterocycles. The lowest BCUT2D eigenvalue weighted by Crippen LogP contribution is -2.02. The number of benzene rings is 1. The molecule has 3 aromatic rings. The highest BCUT2D eigenvalue weighted by atomic mass is 79.9. The lowest BCUT2D eigenvalue weighted by molar-refractivity contribution is 0.295. The van der Waals surface area contributed by atoms with Gasteiger partial charge in [0.2, 0.25) is 0 Å². The molecule has 3 rings (SSSR count). The fourth-order valence-corrected chi connectivity index (χ4v) is 3.13. The van der Waals surface area contributed by atoms with E-state index in [1.165, 1.54) is 0 Å². The van der Waals surface area contributed by atoms with Crippen LogP contribution in [-0.4, -0.2) is 31.2 Å². The number of imidazole rings is 2. The third-order valence-electron chi connectivity index (χ3n) is 3.35. The number of nitrogens with zero attached hydrogens (tertiary/aromatic N) is 3. The van der Waals surface area contributed by atoms with Gasteiger partial charge in [0.15, 0.2) is 0 Å². The molecule has 5 nitrogen and oxygen atoms in total. The SMILES string of the molecule is Cc1nc2ccc(-c3c(Br)nc(CCO)n3C)cc2[nH]1. The van der Waals surface area contributed by atoms with E-state index in [0.29, 0.717) is 6.42 Å². The second kappa shape index (κ2) is 5.03. The molecule has 0 radical (unpaired) electrons. The molecule has 0 unspecified atom stereocenters. The van der Waals surface area contributed by atoms with Crippen molar-refractivity contribution >= 4 is 27.0 Å². The Bertz CT molecular complexity index is 775. The fraction of sp³-hybridized carbons (Fsp3) is 0.286. The predicted molar refractivity (Wildman–Crippen MR) is 81.5 cm³/mol. The summed E-state index contributed by atoms with van der Waals surface area (Å²) in [4.78, 5) is 12.1. The number of aliphatic hydroxyl groups is 1. The molecule has 0 fully saturated rings. The van der Waals surface area contributed by atoms with Gasteiger partial charge in [-0.1, -0.05) is 6.07 Å². The number of aromatic nitrogens is 4. The second-order valence-electron chi connectivity index (χ2n) is 4.75. The lowest BCUT2D eigenvalue weighted by atomic mass is 10.1. The minimum absolute atomic E-state index is 0.0928. The van der Waals surface area contributed by atoms with E-state index in [1.54, 1.807) is 0 Å². The molecule has 6 heteroatoms. The van der Waals surface area contributed by atoms with Crippen LogP contribution in [0.1, 0.15) is 11.6 Å². The zero-order valence-corrected chi connectivity index (χ0v) is 12.9. The maximum Gasteiger partial charge on any atom is 0.132 e. The number of halogens is 1. The molecule has 0 aliphatic carbocycles. The summed E-state index contributed by atoms with van der Waals surface area (Å²) in [7, 11) is 1.96. The molecular weight excluding hydrogens is 320 g/mol. The average Bonchev–Trinajstić information content (AvgIpc) is 2.89. The smallest absolute Gasteiger partial charge is 0.132 e. The Morgan fingerprint density at radius 3 is 2.90 bits per heavy atom. The summed E-state index contributed by atoms with van der Waals surface area (Å²) in [5, 5.41) is 9.08. The van der Waals surface area contributed by atoms with Crippen LogP contribution in [0.25, 0.3) is 22.3 Å². The van der Waals surface area contributed by atoms with Crippen LogP contribution in [-0.2, 0) is 13.5 Å². The molecule has 2 N–H and O–H groups in total. The van der Waals surface area contributed by atoms with Gasteiger partial charge in [0.05, 0.1) is 23.3 Å². The van der Waals surface area contributed by atoms with Crippen molar-refractivity contribution in [3.05, 3.63) is 34.5 Å². The summed E-state index contributed by atoms with van der Waals surface area (Å²) in [5.41, 5.74) is 4.03. The first-order valence-corrected chi connectivity index (χ1v) is 7.18. The predicted octanol–water partition coefficient (Wildman–Crippen LogP) is 2.57. The zero-order chi connectivity index (χ0) is 14.3. The summed E-state index contributed by atoms with van der Waals surface area (Å²) in [6.07, 6.45) is 0.542. The maximum absolute atomic E-state index is 9.08. The van der Waals surface area contributed by atoms with Crippen LogP contribution in [0, 0.1) is 6.92 Å². The van der Waals surface area contributed by atoms with E-state index in [4.69, 9.17) is 5.11 Å². The number of aryl methyl sites for hydroxylation is 1. The van der Waals surface area contributed by atoms with E-state index >= 15 is 0 Å². The summed E-state index contributed by atoms with van der Waals surface area (Å²) < 4.78 is 2.80. The van der Waals surface area contributed by atoms with Crippen LogP contribution in [0.3, 0.4) is 0 Å². The van der Waals surface area contributed by atoms with Crippen LogP contribution >= 0.6 is 15.9 Å². The Hall–Kier alpha value is -1.66. The van der Waals surface area contributed by atoms with Crippen molar-refractivity contribution in [1.29, 1.82) is 0 Å². The van der Waals surface area contributed by atoms with Crippen LogP contribution in [0.15, 0.2) is 22.8 Å². The molecule has 2 aromatic heterocycles. The van der Waals surface area contributed by atoms with Gasteiger partial charge < -0.3 is 14.7 Å². The molecule has 1 aromatic carbocycles. The molecule has 20 heavy (non-hydrogen) atoms. The second-order valence-corrected chi connectivity index (χ2v) is 5.51. The third-order valence-corrected chi connectivity index (χ3v) is 3.91. The highest BCUT2D eigenvalue weighted by Gasteiger charge is 2.15. The van der Waals surface area contributed by atoms with Gasteiger partial charge in [-0.2, -0.15) is 0 Å². The molecule has 0 spiro atoms. The van der Waals surface area contributed by atoms with Crippen molar-refractivity contribution in [2.75, 3.05) is 6.61 Å². The number of aliphatic hydroxyl groups excluding tert-OH is 1. The summed E-state index contributed by atoms with van der Waals surface area (Å²) in [6, 6.07) is 6.10. The van der Waals surface area contributed by atoms with Gasteiger partial charge in [0.25, 0.3) is 0 Å². The van der Waals surface area contributed by atoms with E-state index in [9.17, 15) is 0 Å². The topological polar surface area (TPSA) is 66.7 Å². The van der Waals surface area contributed by atoms with E-state index < -0.39 is 0 Å². The Labute approximate surface area is 124 Å². The monoisotopic (exact) mass is 334 g/mol. The molecule has 0 bridgehead atoms. The molecule has 104 valence electrons. The van der Waals surface area contributed by atoms with E-state index in [2.05, 4.69) is 36.9 Å². The number of H-pyrrole nitrogens is 1. The van der Waals surface area contributed by atoms with Crippen LogP contribution in [0.4, 0.5) is 0 Å². The number of rotatable bonds is 3. The molecule has 2 heterocycles. The first kappa shape index (κ1) is 13.3. The standard InChI is InChI=1S/C14H15BrN4O/c1-8-16-10-4-3-9(7-11(10)17-8)13-14(15)18-12(5-6-20)19(13)2/h3-4,7,20H,5-6H2,1-2H3,(H,16,17). The number of nitrogens with one attached hydrogen (secondary N) is 1. The summed E-state index contributed by atoms with van der Waals surface area (Å²) >= 11 is 3.50. The van der Waals surface area contributed by atoms with Crippen molar-refractivity contribution in [3.63, 3.8) is 0 Å². The van der Waals surface area contributed by atoms with Crippen molar-refractivity contribution in [2.24, 2.45) is 7.05 Å². The number of hydrogen-bond acceptors (Lipinski definition) is 3. The number of aromatic amines is 1. The number of fused-ring (bicyclic) bond motifs is 1. The number of hydrogen-bond donors (Lipinski definition) is 2. The fourth-order valence-electron chi connectivity index (χ4n) is 2.43. The highest BCUT2D eigenvalue weighted by Crippen LogP contribution is 2.30. The molecule has 0 atom stereocenters. The minimum Gasteiger partial charge on any atom is -0.396 e. The normalized spacial score (nSPS) is 11.4. The van der Waals surface area contributed by atoms with Gasteiger partial charge in [0, 0.05) is 19.0 Å². The summed E-state index contributed by atoms with van der Waals surface area (Å²) in [5.74, 6) is 1.76. The Morgan fingerprint density at radius 2 is 2.15 bits per heavy atom. The van der Waals surface area contributed by atoms with Gasteiger partial charge >= 0.3 is 0 Å². The Morgan fingerprint density at radius 1 is 1.35 bits per heavy atom. The van der Waals surface area contributed by atoms with Gasteiger partial charge in [-0.05, 0) is 35.0 Å². The molecule has 0 saturated heterocycles. The molecular formula is C14H15BrN4O. The van der Waals surface area contributed by atoms with Crippen molar-refractivity contribution in [1.82, 2.24) is 19.5 Å². The van der Waals surface area contributed by atoms with Gasteiger partial charge in [-0.25, -0.2) is 9.97 Å². The van der Waals surface area contributed by atoms with Crippen molar-refractivity contribution < 1.29 is 5.11 Å². The molecule has 0 aliphatic rings. The Kier molecular flexibility index (Phi) is 3.35.